The number of fused-ring (bicyclic) bond motifs is 1. The monoisotopic (exact) mass is 335 g/mol. The number of anilines is 2. The summed E-state index contributed by atoms with van der Waals surface area (Å²) in [4.78, 5) is 23.8. The zero-order valence-electron chi connectivity index (χ0n) is 14.0. The standard InChI is InChI=1S/C19H21N5O/c25-19(23-17-12-21-16-8-9-20-11-15(16)17)24-18-7-6-14(10-22-18)13-4-2-1-3-5-13/h6-13,21H,1-5H2,(H2,22,23,24,25). The summed E-state index contributed by atoms with van der Waals surface area (Å²) in [6, 6.07) is 5.50. The van der Waals surface area contributed by atoms with Crippen molar-refractivity contribution in [3.63, 3.8) is 0 Å². The molecule has 0 spiro atoms. The third-order valence-electron chi connectivity index (χ3n) is 4.84. The highest BCUT2D eigenvalue weighted by atomic mass is 16.2. The van der Waals surface area contributed by atoms with Gasteiger partial charge in [-0.05, 0) is 36.5 Å². The van der Waals surface area contributed by atoms with Crippen molar-refractivity contribution < 1.29 is 4.79 Å². The molecule has 0 radical (unpaired) electrons. The summed E-state index contributed by atoms with van der Waals surface area (Å²) < 4.78 is 0. The molecule has 0 saturated heterocycles. The Morgan fingerprint density at radius 1 is 1.08 bits per heavy atom. The van der Waals surface area contributed by atoms with Crippen LogP contribution >= 0.6 is 0 Å². The molecule has 3 heterocycles. The van der Waals surface area contributed by atoms with E-state index in [9.17, 15) is 4.79 Å². The highest BCUT2D eigenvalue weighted by Gasteiger charge is 2.16. The normalized spacial score (nSPS) is 15.2. The van der Waals surface area contributed by atoms with E-state index in [1.807, 2.05) is 18.3 Å². The van der Waals surface area contributed by atoms with Crippen LogP contribution in [0.5, 0.6) is 0 Å². The van der Waals surface area contributed by atoms with Crippen molar-refractivity contribution in [2.45, 2.75) is 38.0 Å². The van der Waals surface area contributed by atoms with Crippen LogP contribution in [-0.2, 0) is 0 Å². The van der Waals surface area contributed by atoms with Crippen molar-refractivity contribution in [3.05, 3.63) is 48.5 Å². The van der Waals surface area contributed by atoms with E-state index < -0.39 is 0 Å². The lowest BCUT2D eigenvalue weighted by Crippen LogP contribution is -2.20. The molecule has 1 aliphatic rings. The number of hydrogen-bond acceptors (Lipinski definition) is 3. The maximum atomic E-state index is 12.2. The van der Waals surface area contributed by atoms with Crippen LogP contribution in [0.2, 0.25) is 0 Å². The Morgan fingerprint density at radius 2 is 1.96 bits per heavy atom. The minimum Gasteiger partial charge on any atom is -0.359 e. The van der Waals surface area contributed by atoms with Gasteiger partial charge in [-0.3, -0.25) is 10.3 Å². The van der Waals surface area contributed by atoms with E-state index in [0.29, 0.717) is 17.4 Å². The number of H-pyrrole nitrogens is 1. The molecule has 0 aliphatic heterocycles. The van der Waals surface area contributed by atoms with E-state index in [1.54, 1.807) is 18.6 Å². The number of carbonyl (C=O) groups excluding carboxylic acids is 1. The van der Waals surface area contributed by atoms with Crippen LogP contribution in [0.25, 0.3) is 10.9 Å². The van der Waals surface area contributed by atoms with Crippen molar-refractivity contribution >= 4 is 28.4 Å². The maximum Gasteiger partial charge on any atom is 0.324 e. The summed E-state index contributed by atoms with van der Waals surface area (Å²) in [5, 5.41) is 6.48. The van der Waals surface area contributed by atoms with Gasteiger partial charge in [0.1, 0.15) is 5.82 Å². The fourth-order valence-electron chi connectivity index (χ4n) is 3.49. The first-order valence-electron chi connectivity index (χ1n) is 8.74. The van der Waals surface area contributed by atoms with Gasteiger partial charge >= 0.3 is 6.03 Å². The van der Waals surface area contributed by atoms with Gasteiger partial charge in [0.2, 0.25) is 0 Å². The average Bonchev–Trinajstić information content (AvgIpc) is 3.06. The zero-order valence-corrected chi connectivity index (χ0v) is 14.0. The molecule has 1 aliphatic carbocycles. The third-order valence-corrected chi connectivity index (χ3v) is 4.84. The Hall–Kier alpha value is -2.89. The number of nitrogens with zero attached hydrogens (tertiary/aromatic N) is 2. The SMILES string of the molecule is O=C(Nc1ccc(C2CCCCC2)cn1)Nc1c[nH]c2ccncc12. The first-order chi connectivity index (χ1) is 12.3. The number of urea groups is 1. The van der Waals surface area contributed by atoms with E-state index in [1.165, 1.54) is 37.7 Å². The molecule has 0 bridgehead atoms. The molecule has 3 N–H and O–H groups in total. The second kappa shape index (κ2) is 6.93. The number of carbonyl (C=O) groups is 1. The van der Waals surface area contributed by atoms with E-state index in [0.717, 1.165) is 10.9 Å². The predicted octanol–water partition coefficient (Wildman–Crippen LogP) is 4.65. The molecule has 0 aromatic carbocycles. The number of amides is 2. The molecule has 4 rings (SSSR count). The summed E-state index contributed by atoms with van der Waals surface area (Å²) in [7, 11) is 0. The van der Waals surface area contributed by atoms with Crippen LogP contribution < -0.4 is 10.6 Å². The Morgan fingerprint density at radius 3 is 2.76 bits per heavy atom. The van der Waals surface area contributed by atoms with Crippen LogP contribution in [0, 0.1) is 0 Å². The summed E-state index contributed by atoms with van der Waals surface area (Å²) in [6.07, 6.45) is 13.5. The maximum absolute atomic E-state index is 12.2. The summed E-state index contributed by atoms with van der Waals surface area (Å²) in [5.74, 6) is 1.16. The topological polar surface area (TPSA) is 82.7 Å². The van der Waals surface area contributed by atoms with Crippen molar-refractivity contribution in [3.8, 4) is 0 Å². The lowest BCUT2D eigenvalue weighted by atomic mass is 9.85. The van der Waals surface area contributed by atoms with E-state index in [-0.39, 0.29) is 6.03 Å². The second-order valence-electron chi connectivity index (χ2n) is 6.51. The quantitative estimate of drug-likeness (QED) is 0.651. The smallest absolute Gasteiger partial charge is 0.324 e. The third kappa shape index (κ3) is 3.47. The van der Waals surface area contributed by atoms with Gasteiger partial charge in [-0.25, -0.2) is 9.78 Å². The molecule has 1 saturated carbocycles. The van der Waals surface area contributed by atoms with Crippen LogP contribution in [-0.4, -0.2) is 21.0 Å². The number of nitrogens with one attached hydrogen (secondary N) is 3. The van der Waals surface area contributed by atoms with Gasteiger partial charge in [-0.2, -0.15) is 0 Å². The summed E-state index contributed by atoms with van der Waals surface area (Å²) in [5.41, 5.74) is 2.90. The van der Waals surface area contributed by atoms with Crippen molar-refractivity contribution in [2.24, 2.45) is 0 Å². The van der Waals surface area contributed by atoms with Gasteiger partial charge < -0.3 is 10.3 Å². The van der Waals surface area contributed by atoms with Gasteiger partial charge in [0.05, 0.1) is 11.2 Å². The molecule has 0 atom stereocenters. The number of aromatic amines is 1. The van der Waals surface area contributed by atoms with Crippen LogP contribution in [0.3, 0.4) is 0 Å². The molecule has 3 aromatic rings. The van der Waals surface area contributed by atoms with Gasteiger partial charge in [0.25, 0.3) is 0 Å². The van der Waals surface area contributed by atoms with Crippen LogP contribution in [0.4, 0.5) is 16.3 Å². The molecule has 2 amide bonds. The molecular weight excluding hydrogens is 314 g/mol. The van der Waals surface area contributed by atoms with E-state index >= 15 is 0 Å². The first kappa shape index (κ1) is 15.6. The summed E-state index contributed by atoms with van der Waals surface area (Å²) in [6.45, 7) is 0. The molecular formula is C19H21N5O. The number of hydrogen-bond donors (Lipinski definition) is 3. The molecule has 25 heavy (non-hydrogen) atoms. The minimum atomic E-state index is -0.317. The molecule has 128 valence electrons. The first-order valence-corrected chi connectivity index (χ1v) is 8.74. The lowest BCUT2D eigenvalue weighted by Gasteiger charge is -2.21. The summed E-state index contributed by atoms with van der Waals surface area (Å²) >= 11 is 0. The Balaban J connectivity index is 1.40. The van der Waals surface area contributed by atoms with Crippen LogP contribution in [0.1, 0.15) is 43.6 Å². The highest BCUT2D eigenvalue weighted by molar-refractivity contribution is 6.05. The van der Waals surface area contributed by atoms with Crippen molar-refractivity contribution in [2.75, 3.05) is 10.6 Å². The zero-order chi connectivity index (χ0) is 17.1. The van der Waals surface area contributed by atoms with E-state index in [2.05, 4.69) is 31.7 Å². The van der Waals surface area contributed by atoms with Crippen LogP contribution in [0.15, 0.2) is 43.0 Å². The second-order valence-corrected chi connectivity index (χ2v) is 6.51. The average molecular weight is 335 g/mol. The Bertz CT molecular complexity index is 865. The fourth-order valence-corrected chi connectivity index (χ4v) is 3.49. The van der Waals surface area contributed by atoms with E-state index in [4.69, 9.17) is 0 Å². The number of rotatable bonds is 3. The Labute approximate surface area is 146 Å². The highest BCUT2D eigenvalue weighted by Crippen LogP contribution is 2.32. The van der Waals surface area contributed by atoms with Gasteiger partial charge in [-0.15, -0.1) is 0 Å². The molecule has 0 unspecified atom stereocenters. The molecule has 3 aromatic heterocycles. The largest absolute Gasteiger partial charge is 0.359 e. The van der Waals surface area contributed by atoms with Gasteiger partial charge in [-0.1, -0.05) is 25.3 Å². The predicted molar refractivity (Wildman–Crippen MR) is 98.8 cm³/mol. The molecule has 1 fully saturated rings. The minimum absolute atomic E-state index is 0.317. The van der Waals surface area contributed by atoms with Gasteiger partial charge in [0.15, 0.2) is 0 Å². The molecule has 6 nitrogen and oxygen atoms in total. The molecule has 6 heteroatoms. The van der Waals surface area contributed by atoms with Gasteiger partial charge in [0, 0.05) is 30.2 Å². The van der Waals surface area contributed by atoms with Crippen molar-refractivity contribution in [1.29, 1.82) is 0 Å². The lowest BCUT2D eigenvalue weighted by molar-refractivity contribution is 0.262. The fraction of sp³-hybridized carbons (Fsp3) is 0.316. The number of pyridine rings is 2. The van der Waals surface area contributed by atoms with Crippen molar-refractivity contribution in [1.82, 2.24) is 15.0 Å². The number of aromatic nitrogens is 3. The Kier molecular flexibility index (Phi) is 4.33.